The van der Waals surface area contributed by atoms with Gasteiger partial charge in [0, 0.05) is 12.6 Å². The van der Waals surface area contributed by atoms with Gasteiger partial charge in [-0.15, -0.1) is 0 Å². The van der Waals surface area contributed by atoms with Crippen LogP contribution in [0.25, 0.3) is 0 Å². The molecule has 0 aliphatic carbocycles. The summed E-state index contributed by atoms with van der Waals surface area (Å²) in [4.78, 5) is 2.24. The molecule has 2 aromatic rings. The van der Waals surface area contributed by atoms with Gasteiger partial charge in [0.2, 0.25) is 0 Å². The van der Waals surface area contributed by atoms with Gasteiger partial charge in [-0.05, 0) is 43.0 Å². The minimum atomic E-state index is -4.29. The van der Waals surface area contributed by atoms with E-state index in [1.165, 1.54) is 0 Å². The third kappa shape index (κ3) is 3.64. The fourth-order valence-corrected chi connectivity index (χ4v) is 3.10. The second-order valence-electron chi connectivity index (χ2n) is 6.63. The van der Waals surface area contributed by atoms with E-state index in [1.807, 2.05) is 6.07 Å². The molecule has 1 fully saturated rings. The third-order valence-electron chi connectivity index (χ3n) is 4.50. The van der Waals surface area contributed by atoms with Crippen LogP contribution >= 0.6 is 0 Å². The lowest BCUT2D eigenvalue weighted by Crippen LogP contribution is -2.22. The molecule has 6 heteroatoms. The first kappa shape index (κ1) is 17.0. The van der Waals surface area contributed by atoms with E-state index in [1.54, 1.807) is 12.1 Å². The molecule has 24 heavy (non-hydrogen) atoms. The number of nitrogens with zero attached hydrogens (tertiary/aromatic N) is 2. The van der Waals surface area contributed by atoms with Gasteiger partial charge >= 0.3 is 6.18 Å². The van der Waals surface area contributed by atoms with E-state index in [0.29, 0.717) is 12.5 Å². The largest absolute Gasteiger partial charge is 0.416 e. The highest BCUT2D eigenvalue weighted by atomic mass is 19.4. The van der Waals surface area contributed by atoms with Gasteiger partial charge in [0.1, 0.15) is 0 Å². The van der Waals surface area contributed by atoms with Crippen LogP contribution in [-0.4, -0.2) is 16.6 Å². The second kappa shape index (κ2) is 6.59. The first-order chi connectivity index (χ1) is 11.3. The Morgan fingerprint density at radius 1 is 1.25 bits per heavy atom. The molecule has 0 spiro atoms. The van der Waals surface area contributed by atoms with Gasteiger partial charge in [-0.25, -0.2) is 0 Å². The van der Waals surface area contributed by atoms with Crippen molar-refractivity contribution in [3.8, 4) is 0 Å². The summed E-state index contributed by atoms with van der Waals surface area (Å²) in [6.07, 6.45) is -2.27. The Morgan fingerprint density at radius 2 is 1.96 bits per heavy atom. The Kier molecular flexibility index (Phi) is 4.67. The number of alkyl halides is 3. The van der Waals surface area contributed by atoms with Crippen LogP contribution in [0.1, 0.15) is 61.2 Å². The van der Waals surface area contributed by atoms with E-state index in [0.717, 1.165) is 48.5 Å². The van der Waals surface area contributed by atoms with Crippen LogP contribution in [0.5, 0.6) is 0 Å². The quantitative estimate of drug-likeness (QED) is 0.772. The molecule has 0 bridgehead atoms. The second-order valence-corrected chi connectivity index (χ2v) is 6.63. The molecule has 3 nitrogen and oxygen atoms in total. The van der Waals surface area contributed by atoms with Gasteiger partial charge < -0.3 is 4.52 Å². The lowest BCUT2D eigenvalue weighted by atomic mass is 10.1. The van der Waals surface area contributed by atoms with Gasteiger partial charge in [-0.2, -0.15) is 13.2 Å². The summed E-state index contributed by atoms with van der Waals surface area (Å²) in [6.45, 7) is 5.65. The molecule has 0 amide bonds. The summed E-state index contributed by atoms with van der Waals surface area (Å²) in [5.41, 5.74) is 1.20. The van der Waals surface area contributed by atoms with Crippen molar-refractivity contribution in [3.63, 3.8) is 0 Å². The molecule has 0 radical (unpaired) electrons. The van der Waals surface area contributed by atoms with Crippen molar-refractivity contribution in [1.82, 2.24) is 10.1 Å². The van der Waals surface area contributed by atoms with E-state index >= 15 is 0 Å². The predicted molar refractivity (Wildman–Crippen MR) is 84.4 cm³/mol. The minimum Gasteiger partial charge on any atom is -0.359 e. The summed E-state index contributed by atoms with van der Waals surface area (Å²) < 4.78 is 43.4. The molecule has 1 saturated heterocycles. The lowest BCUT2D eigenvalue weighted by molar-refractivity contribution is -0.137. The van der Waals surface area contributed by atoms with Crippen LogP contribution < -0.4 is 0 Å². The molecule has 130 valence electrons. The van der Waals surface area contributed by atoms with Crippen LogP contribution in [0, 0.1) is 0 Å². The predicted octanol–water partition coefficient (Wildman–Crippen LogP) is 5.15. The fraction of sp³-hybridized carbons (Fsp3) is 0.500. The summed E-state index contributed by atoms with van der Waals surface area (Å²) in [5, 5.41) is 4.11. The zero-order chi connectivity index (χ0) is 17.3. The molecular formula is C18H21F3N2O. The number of hydrogen-bond donors (Lipinski definition) is 0. The average Bonchev–Trinajstić information content (AvgIpc) is 3.15. The maximum atomic E-state index is 12.6. The molecule has 1 aliphatic rings. The Labute approximate surface area is 139 Å². The number of hydrogen-bond acceptors (Lipinski definition) is 3. The number of halogens is 3. The van der Waals surface area contributed by atoms with E-state index in [-0.39, 0.29) is 6.04 Å². The molecule has 1 aromatic carbocycles. The fourth-order valence-electron chi connectivity index (χ4n) is 3.10. The topological polar surface area (TPSA) is 29.3 Å². The van der Waals surface area contributed by atoms with Crippen LogP contribution in [0.4, 0.5) is 13.2 Å². The van der Waals surface area contributed by atoms with Crippen molar-refractivity contribution in [2.75, 3.05) is 6.54 Å². The van der Waals surface area contributed by atoms with E-state index in [4.69, 9.17) is 4.52 Å². The Morgan fingerprint density at radius 3 is 2.54 bits per heavy atom. The highest BCUT2D eigenvalue weighted by Crippen LogP contribution is 2.35. The molecule has 1 atom stereocenters. The summed E-state index contributed by atoms with van der Waals surface area (Å²) >= 11 is 0. The average molecular weight is 338 g/mol. The van der Waals surface area contributed by atoms with Gasteiger partial charge in [-0.1, -0.05) is 31.1 Å². The summed E-state index contributed by atoms with van der Waals surface area (Å²) in [7, 11) is 0. The number of rotatable bonds is 4. The standard InChI is InChI=1S/C18H21F3N2O/c1-12(2)15-10-17(24-22-15)16-4-3-9-23(16)11-13-5-7-14(8-6-13)18(19,20)21/h5-8,10,12,16H,3-4,9,11H2,1-2H3/t16-/m0/s1. The van der Waals surface area contributed by atoms with E-state index in [2.05, 4.69) is 23.9 Å². The van der Waals surface area contributed by atoms with E-state index < -0.39 is 11.7 Å². The molecule has 2 heterocycles. The zero-order valence-corrected chi connectivity index (χ0v) is 13.8. The first-order valence-corrected chi connectivity index (χ1v) is 8.21. The Bertz CT molecular complexity index is 676. The lowest BCUT2D eigenvalue weighted by Gasteiger charge is -2.22. The normalized spacial score (nSPS) is 19.3. The van der Waals surface area contributed by atoms with Crippen LogP contribution in [-0.2, 0) is 12.7 Å². The van der Waals surface area contributed by atoms with Crippen molar-refractivity contribution in [2.24, 2.45) is 0 Å². The third-order valence-corrected chi connectivity index (χ3v) is 4.50. The smallest absolute Gasteiger partial charge is 0.359 e. The van der Waals surface area contributed by atoms with Crippen LogP contribution in [0.15, 0.2) is 34.9 Å². The van der Waals surface area contributed by atoms with Gasteiger partial charge in [0.25, 0.3) is 0 Å². The maximum absolute atomic E-state index is 12.6. The van der Waals surface area contributed by atoms with E-state index in [9.17, 15) is 13.2 Å². The van der Waals surface area contributed by atoms with Gasteiger partial charge in [0.15, 0.2) is 5.76 Å². The maximum Gasteiger partial charge on any atom is 0.416 e. The monoisotopic (exact) mass is 338 g/mol. The van der Waals surface area contributed by atoms with Crippen molar-refractivity contribution < 1.29 is 17.7 Å². The number of benzene rings is 1. The molecule has 3 rings (SSSR count). The van der Waals surface area contributed by atoms with Crippen molar-refractivity contribution in [1.29, 1.82) is 0 Å². The minimum absolute atomic E-state index is 0.146. The summed E-state index contributed by atoms with van der Waals surface area (Å²) in [5.74, 6) is 1.16. The first-order valence-electron chi connectivity index (χ1n) is 8.21. The Balaban J connectivity index is 1.71. The van der Waals surface area contributed by atoms with Gasteiger partial charge in [-0.3, -0.25) is 4.90 Å². The van der Waals surface area contributed by atoms with Crippen molar-refractivity contribution >= 4 is 0 Å². The molecule has 0 N–H and O–H groups in total. The molecule has 1 aromatic heterocycles. The van der Waals surface area contributed by atoms with Gasteiger partial charge in [0.05, 0.1) is 17.3 Å². The molecule has 1 aliphatic heterocycles. The highest BCUT2D eigenvalue weighted by Gasteiger charge is 2.31. The molecule has 0 saturated carbocycles. The number of likely N-dealkylation sites (tertiary alicyclic amines) is 1. The van der Waals surface area contributed by atoms with Crippen molar-refractivity contribution in [3.05, 3.63) is 52.9 Å². The van der Waals surface area contributed by atoms with Crippen molar-refractivity contribution in [2.45, 2.75) is 51.4 Å². The zero-order valence-electron chi connectivity index (χ0n) is 13.8. The van der Waals surface area contributed by atoms with Crippen LogP contribution in [0.2, 0.25) is 0 Å². The molecule has 0 unspecified atom stereocenters. The highest BCUT2D eigenvalue weighted by molar-refractivity contribution is 5.25. The van der Waals surface area contributed by atoms with Crippen LogP contribution in [0.3, 0.4) is 0 Å². The number of aromatic nitrogens is 1. The molecular weight excluding hydrogens is 317 g/mol. The summed E-state index contributed by atoms with van der Waals surface area (Å²) in [6, 6.07) is 7.54. The Hall–Kier alpha value is -1.82. The SMILES string of the molecule is CC(C)c1cc([C@@H]2CCCN2Cc2ccc(C(F)(F)F)cc2)on1.